The van der Waals surface area contributed by atoms with Gasteiger partial charge in [0.2, 0.25) is 0 Å². The summed E-state index contributed by atoms with van der Waals surface area (Å²) in [6.07, 6.45) is -0.151. The van der Waals surface area contributed by atoms with Crippen LogP contribution >= 0.6 is 15.9 Å². The van der Waals surface area contributed by atoms with Crippen LogP contribution in [0.1, 0.15) is 5.56 Å². The van der Waals surface area contributed by atoms with Gasteiger partial charge in [-0.3, -0.25) is 4.90 Å². The molecular formula is C12H15BrFNO2. The van der Waals surface area contributed by atoms with Crippen molar-refractivity contribution in [3.8, 4) is 0 Å². The average molecular weight is 304 g/mol. The van der Waals surface area contributed by atoms with Crippen molar-refractivity contribution in [3.05, 3.63) is 34.1 Å². The second-order valence-electron chi connectivity index (χ2n) is 4.15. The molecule has 3 nitrogen and oxygen atoms in total. The maximum Gasteiger partial charge on any atom is 0.128 e. The first-order valence-corrected chi connectivity index (χ1v) is 6.37. The molecule has 1 unspecified atom stereocenters. The molecule has 0 saturated carbocycles. The van der Waals surface area contributed by atoms with Gasteiger partial charge in [0, 0.05) is 29.7 Å². The van der Waals surface area contributed by atoms with Crippen LogP contribution in [0, 0.1) is 5.82 Å². The van der Waals surface area contributed by atoms with Crippen LogP contribution in [0.3, 0.4) is 0 Å². The monoisotopic (exact) mass is 303 g/mol. The van der Waals surface area contributed by atoms with Crippen molar-refractivity contribution in [2.75, 3.05) is 26.3 Å². The lowest BCUT2D eigenvalue weighted by Crippen LogP contribution is -2.43. The molecule has 1 N–H and O–H groups in total. The van der Waals surface area contributed by atoms with Crippen LogP contribution in [-0.4, -0.2) is 42.4 Å². The second kappa shape index (κ2) is 5.91. The Morgan fingerprint density at radius 3 is 3.06 bits per heavy atom. The number of aliphatic hydroxyl groups excluding tert-OH is 1. The van der Waals surface area contributed by atoms with Gasteiger partial charge in [-0.05, 0) is 12.1 Å². The van der Waals surface area contributed by atoms with E-state index in [1.165, 1.54) is 6.07 Å². The van der Waals surface area contributed by atoms with E-state index in [0.29, 0.717) is 25.3 Å². The summed E-state index contributed by atoms with van der Waals surface area (Å²) in [6.45, 7) is 2.57. The zero-order valence-corrected chi connectivity index (χ0v) is 11.0. The SMILES string of the molecule is OCC1CN(Cc2ccc(Br)cc2F)CCO1. The van der Waals surface area contributed by atoms with Gasteiger partial charge in [0.1, 0.15) is 5.82 Å². The lowest BCUT2D eigenvalue weighted by Gasteiger charge is -2.32. The fourth-order valence-corrected chi connectivity index (χ4v) is 2.26. The number of nitrogens with zero attached hydrogens (tertiary/aromatic N) is 1. The number of aliphatic hydroxyl groups is 1. The first kappa shape index (κ1) is 13.0. The minimum atomic E-state index is -0.202. The van der Waals surface area contributed by atoms with E-state index >= 15 is 0 Å². The average Bonchev–Trinajstić information content (AvgIpc) is 2.33. The first-order chi connectivity index (χ1) is 8.19. The van der Waals surface area contributed by atoms with Crippen molar-refractivity contribution in [1.82, 2.24) is 4.90 Å². The highest BCUT2D eigenvalue weighted by molar-refractivity contribution is 9.10. The summed E-state index contributed by atoms with van der Waals surface area (Å²) < 4.78 is 19.7. The Kier molecular flexibility index (Phi) is 4.50. The molecule has 0 spiro atoms. The summed E-state index contributed by atoms with van der Waals surface area (Å²) >= 11 is 3.24. The largest absolute Gasteiger partial charge is 0.394 e. The van der Waals surface area contributed by atoms with Crippen LogP contribution in [0.5, 0.6) is 0 Å². The zero-order chi connectivity index (χ0) is 12.3. The number of rotatable bonds is 3. The Morgan fingerprint density at radius 2 is 2.35 bits per heavy atom. The van der Waals surface area contributed by atoms with Crippen LogP contribution in [0.2, 0.25) is 0 Å². The van der Waals surface area contributed by atoms with Crippen LogP contribution in [0.25, 0.3) is 0 Å². The van der Waals surface area contributed by atoms with Crippen molar-refractivity contribution < 1.29 is 14.2 Å². The maximum absolute atomic E-state index is 13.6. The molecule has 17 heavy (non-hydrogen) atoms. The van der Waals surface area contributed by atoms with E-state index in [2.05, 4.69) is 20.8 Å². The Bertz CT molecular complexity index is 389. The normalized spacial score (nSPS) is 21.7. The molecule has 1 aromatic rings. The third-order valence-corrected chi connectivity index (χ3v) is 3.33. The molecule has 0 amide bonds. The van der Waals surface area contributed by atoms with Crippen molar-refractivity contribution in [3.63, 3.8) is 0 Å². The van der Waals surface area contributed by atoms with Crippen LogP contribution in [0.4, 0.5) is 4.39 Å². The van der Waals surface area contributed by atoms with Crippen molar-refractivity contribution in [2.45, 2.75) is 12.6 Å². The van der Waals surface area contributed by atoms with Crippen LogP contribution in [0.15, 0.2) is 22.7 Å². The minimum absolute atomic E-state index is 0.0132. The lowest BCUT2D eigenvalue weighted by molar-refractivity contribution is -0.0553. The highest BCUT2D eigenvalue weighted by atomic mass is 79.9. The van der Waals surface area contributed by atoms with Gasteiger partial charge in [-0.2, -0.15) is 0 Å². The van der Waals surface area contributed by atoms with Gasteiger partial charge < -0.3 is 9.84 Å². The van der Waals surface area contributed by atoms with Crippen molar-refractivity contribution >= 4 is 15.9 Å². The standard InChI is InChI=1S/C12H15BrFNO2/c13-10-2-1-9(12(14)5-10)6-15-3-4-17-11(7-15)8-16/h1-2,5,11,16H,3-4,6-8H2. The van der Waals surface area contributed by atoms with Gasteiger partial charge in [-0.1, -0.05) is 22.0 Å². The number of morpholine rings is 1. The molecule has 0 bridgehead atoms. The van der Waals surface area contributed by atoms with E-state index in [1.54, 1.807) is 6.07 Å². The number of benzene rings is 1. The molecule has 1 aromatic carbocycles. The molecule has 1 saturated heterocycles. The van der Waals surface area contributed by atoms with Gasteiger partial charge in [0.05, 0.1) is 19.3 Å². The predicted octanol–water partition coefficient (Wildman–Crippen LogP) is 1.78. The van der Waals surface area contributed by atoms with Gasteiger partial charge in [-0.25, -0.2) is 4.39 Å². The highest BCUT2D eigenvalue weighted by Gasteiger charge is 2.20. The molecule has 5 heteroatoms. The van der Waals surface area contributed by atoms with Gasteiger partial charge >= 0.3 is 0 Å². The number of halogens is 2. The molecule has 1 heterocycles. The first-order valence-electron chi connectivity index (χ1n) is 5.58. The quantitative estimate of drug-likeness (QED) is 0.924. The van der Waals surface area contributed by atoms with E-state index in [-0.39, 0.29) is 18.5 Å². The van der Waals surface area contributed by atoms with Crippen LogP contribution < -0.4 is 0 Å². The molecular weight excluding hydrogens is 289 g/mol. The summed E-state index contributed by atoms with van der Waals surface area (Å²) in [7, 11) is 0. The molecule has 0 radical (unpaired) electrons. The fourth-order valence-electron chi connectivity index (χ4n) is 1.93. The van der Waals surface area contributed by atoms with Crippen molar-refractivity contribution in [1.29, 1.82) is 0 Å². The molecule has 1 aliphatic heterocycles. The third kappa shape index (κ3) is 3.48. The third-order valence-electron chi connectivity index (χ3n) is 2.84. The molecule has 0 aliphatic carbocycles. The Balaban J connectivity index is 2.00. The topological polar surface area (TPSA) is 32.7 Å². The summed E-state index contributed by atoms with van der Waals surface area (Å²) in [5.41, 5.74) is 0.673. The molecule has 2 rings (SSSR count). The number of hydrogen-bond donors (Lipinski definition) is 1. The smallest absolute Gasteiger partial charge is 0.128 e. The summed E-state index contributed by atoms with van der Waals surface area (Å²) in [4.78, 5) is 2.09. The Morgan fingerprint density at radius 1 is 1.53 bits per heavy atom. The molecule has 1 aliphatic rings. The summed E-state index contributed by atoms with van der Waals surface area (Å²) in [5.74, 6) is -0.202. The number of hydrogen-bond acceptors (Lipinski definition) is 3. The Labute approximate surface area is 108 Å². The minimum Gasteiger partial charge on any atom is -0.394 e. The fraction of sp³-hybridized carbons (Fsp3) is 0.500. The van der Waals surface area contributed by atoms with E-state index in [0.717, 1.165) is 11.0 Å². The molecule has 0 aromatic heterocycles. The molecule has 1 atom stereocenters. The lowest BCUT2D eigenvalue weighted by atomic mass is 10.2. The van der Waals surface area contributed by atoms with Gasteiger partial charge in [-0.15, -0.1) is 0 Å². The second-order valence-corrected chi connectivity index (χ2v) is 5.06. The number of ether oxygens (including phenoxy) is 1. The maximum atomic E-state index is 13.6. The highest BCUT2D eigenvalue weighted by Crippen LogP contribution is 2.18. The van der Waals surface area contributed by atoms with Gasteiger partial charge in [0.15, 0.2) is 0 Å². The predicted molar refractivity (Wildman–Crippen MR) is 66.2 cm³/mol. The van der Waals surface area contributed by atoms with Crippen LogP contribution in [-0.2, 0) is 11.3 Å². The van der Waals surface area contributed by atoms with Gasteiger partial charge in [0.25, 0.3) is 0 Å². The van der Waals surface area contributed by atoms with E-state index in [1.807, 2.05) is 6.07 Å². The molecule has 94 valence electrons. The van der Waals surface area contributed by atoms with E-state index in [9.17, 15) is 4.39 Å². The zero-order valence-electron chi connectivity index (χ0n) is 9.40. The molecule has 1 fully saturated rings. The van der Waals surface area contributed by atoms with E-state index in [4.69, 9.17) is 9.84 Å². The van der Waals surface area contributed by atoms with Crippen molar-refractivity contribution in [2.24, 2.45) is 0 Å². The Hall–Kier alpha value is -0.490. The summed E-state index contributed by atoms with van der Waals surface area (Å²) in [5, 5.41) is 9.03. The summed E-state index contributed by atoms with van der Waals surface area (Å²) in [6, 6.07) is 5.09. The van der Waals surface area contributed by atoms with E-state index < -0.39 is 0 Å².